The van der Waals surface area contributed by atoms with Crippen LogP contribution in [-0.4, -0.2) is 17.6 Å². The largest absolute Gasteiger partial charge is 0.387 e. The first-order valence-corrected chi connectivity index (χ1v) is 7.48. The van der Waals surface area contributed by atoms with Crippen LogP contribution < -0.4 is 5.32 Å². The summed E-state index contributed by atoms with van der Waals surface area (Å²) in [5, 5.41) is 16.6. The molecular weight excluding hydrogens is 246 g/mol. The summed E-state index contributed by atoms with van der Waals surface area (Å²) in [6.45, 7) is 6.51. The quantitative estimate of drug-likeness (QED) is 0.799. The summed E-state index contributed by atoms with van der Waals surface area (Å²) in [5.41, 5.74) is 0.872. The second kappa shape index (κ2) is 7.54. The van der Waals surface area contributed by atoms with Crippen molar-refractivity contribution in [2.45, 2.75) is 39.7 Å². The SMILES string of the molecule is CCCC(C(=O)NCC(O)c1ccsc1)C(C)C. The number of amides is 1. The molecule has 1 rings (SSSR count). The zero-order valence-corrected chi connectivity index (χ0v) is 12.2. The molecule has 1 amide bonds. The van der Waals surface area contributed by atoms with Gasteiger partial charge in [-0.2, -0.15) is 11.3 Å². The molecule has 0 aliphatic heterocycles. The summed E-state index contributed by atoms with van der Waals surface area (Å²) in [6, 6.07) is 1.88. The van der Waals surface area contributed by atoms with Crippen molar-refractivity contribution in [1.29, 1.82) is 0 Å². The Labute approximate surface area is 113 Å². The van der Waals surface area contributed by atoms with Crippen molar-refractivity contribution in [3.63, 3.8) is 0 Å². The van der Waals surface area contributed by atoms with Crippen LogP contribution in [0.25, 0.3) is 0 Å². The van der Waals surface area contributed by atoms with E-state index in [1.165, 1.54) is 0 Å². The Morgan fingerprint density at radius 1 is 1.50 bits per heavy atom. The second-order valence-corrected chi connectivity index (χ2v) is 5.74. The predicted octanol–water partition coefficient (Wildman–Crippen LogP) is 2.97. The highest BCUT2D eigenvalue weighted by Crippen LogP contribution is 2.18. The fourth-order valence-electron chi connectivity index (χ4n) is 1.99. The van der Waals surface area contributed by atoms with E-state index in [2.05, 4.69) is 26.1 Å². The van der Waals surface area contributed by atoms with Gasteiger partial charge in [0, 0.05) is 12.5 Å². The molecule has 102 valence electrons. The maximum Gasteiger partial charge on any atom is 0.223 e. The number of aliphatic hydroxyl groups is 1. The normalized spacial score (nSPS) is 14.5. The highest BCUT2D eigenvalue weighted by molar-refractivity contribution is 7.07. The molecule has 0 aliphatic carbocycles. The summed E-state index contributed by atoms with van der Waals surface area (Å²) in [6.07, 6.45) is 1.30. The number of aliphatic hydroxyl groups excluding tert-OH is 1. The topological polar surface area (TPSA) is 49.3 Å². The lowest BCUT2D eigenvalue weighted by Gasteiger charge is -2.20. The van der Waals surface area contributed by atoms with Crippen LogP contribution in [0.4, 0.5) is 0 Å². The van der Waals surface area contributed by atoms with E-state index < -0.39 is 6.10 Å². The lowest BCUT2D eigenvalue weighted by atomic mass is 9.90. The van der Waals surface area contributed by atoms with Gasteiger partial charge < -0.3 is 10.4 Å². The minimum Gasteiger partial charge on any atom is -0.387 e. The number of nitrogens with one attached hydrogen (secondary N) is 1. The predicted molar refractivity (Wildman–Crippen MR) is 75.5 cm³/mol. The van der Waals surface area contributed by atoms with Gasteiger partial charge in [0.25, 0.3) is 0 Å². The van der Waals surface area contributed by atoms with Crippen LogP contribution >= 0.6 is 11.3 Å². The fraction of sp³-hybridized carbons (Fsp3) is 0.643. The highest BCUT2D eigenvalue weighted by atomic mass is 32.1. The van der Waals surface area contributed by atoms with Crippen molar-refractivity contribution in [3.8, 4) is 0 Å². The summed E-state index contributed by atoms with van der Waals surface area (Å²) >= 11 is 1.55. The van der Waals surface area contributed by atoms with E-state index >= 15 is 0 Å². The third-order valence-electron chi connectivity index (χ3n) is 3.14. The summed E-state index contributed by atoms with van der Waals surface area (Å²) in [7, 11) is 0. The lowest BCUT2D eigenvalue weighted by Crippen LogP contribution is -2.36. The molecule has 0 aromatic carbocycles. The van der Waals surface area contributed by atoms with Crippen LogP contribution in [0.15, 0.2) is 16.8 Å². The number of carbonyl (C=O) groups is 1. The zero-order valence-electron chi connectivity index (χ0n) is 11.3. The molecule has 1 aromatic heterocycles. The summed E-state index contributed by atoms with van der Waals surface area (Å²) in [4.78, 5) is 12.0. The lowest BCUT2D eigenvalue weighted by molar-refractivity contribution is -0.127. The van der Waals surface area contributed by atoms with Gasteiger partial charge in [0.2, 0.25) is 5.91 Å². The van der Waals surface area contributed by atoms with Crippen molar-refractivity contribution in [2.75, 3.05) is 6.54 Å². The number of thiophene rings is 1. The number of hydrogen-bond donors (Lipinski definition) is 2. The van der Waals surface area contributed by atoms with Crippen molar-refractivity contribution < 1.29 is 9.90 Å². The summed E-state index contributed by atoms with van der Waals surface area (Å²) < 4.78 is 0. The molecule has 0 fully saturated rings. The minimum atomic E-state index is -0.602. The molecule has 2 N–H and O–H groups in total. The van der Waals surface area contributed by atoms with E-state index in [9.17, 15) is 9.90 Å². The van der Waals surface area contributed by atoms with E-state index in [1.807, 2.05) is 16.8 Å². The van der Waals surface area contributed by atoms with E-state index in [0.717, 1.165) is 18.4 Å². The van der Waals surface area contributed by atoms with Crippen LogP contribution in [0.5, 0.6) is 0 Å². The average Bonchev–Trinajstić information content (AvgIpc) is 2.85. The Morgan fingerprint density at radius 3 is 2.72 bits per heavy atom. The molecule has 3 nitrogen and oxygen atoms in total. The first kappa shape index (κ1) is 15.2. The third kappa shape index (κ3) is 4.42. The Morgan fingerprint density at radius 2 is 2.22 bits per heavy atom. The van der Waals surface area contributed by atoms with Crippen LogP contribution in [-0.2, 0) is 4.79 Å². The van der Waals surface area contributed by atoms with Crippen molar-refractivity contribution in [3.05, 3.63) is 22.4 Å². The molecule has 1 aromatic rings. The van der Waals surface area contributed by atoms with E-state index in [0.29, 0.717) is 12.5 Å². The van der Waals surface area contributed by atoms with Crippen molar-refractivity contribution in [1.82, 2.24) is 5.32 Å². The van der Waals surface area contributed by atoms with Crippen LogP contribution in [0.1, 0.15) is 45.3 Å². The van der Waals surface area contributed by atoms with Gasteiger partial charge in [-0.25, -0.2) is 0 Å². The second-order valence-electron chi connectivity index (χ2n) is 4.96. The van der Waals surface area contributed by atoms with Gasteiger partial charge in [0.1, 0.15) is 0 Å². The van der Waals surface area contributed by atoms with Gasteiger partial charge in [0.05, 0.1) is 6.10 Å². The molecule has 4 heteroatoms. The van der Waals surface area contributed by atoms with E-state index in [4.69, 9.17) is 0 Å². The van der Waals surface area contributed by atoms with Gasteiger partial charge in [-0.15, -0.1) is 0 Å². The first-order valence-electron chi connectivity index (χ1n) is 6.54. The standard InChI is InChI=1S/C14H23NO2S/c1-4-5-12(10(2)3)14(17)15-8-13(16)11-6-7-18-9-11/h6-7,9-10,12-13,16H,4-5,8H2,1-3H3,(H,15,17). The molecule has 0 spiro atoms. The fourth-order valence-corrected chi connectivity index (χ4v) is 2.70. The van der Waals surface area contributed by atoms with Gasteiger partial charge in [0.15, 0.2) is 0 Å². The average molecular weight is 269 g/mol. The number of carbonyl (C=O) groups excluding carboxylic acids is 1. The molecule has 1 heterocycles. The Kier molecular flexibility index (Phi) is 6.36. The molecule has 0 saturated heterocycles. The van der Waals surface area contributed by atoms with E-state index in [1.54, 1.807) is 11.3 Å². The Balaban J connectivity index is 2.44. The van der Waals surface area contributed by atoms with Crippen LogP contribution in [0.2, 0.25) is 0 Å². The molecule has 18 heavy (non-hydrogen) atoms. The molecule has 0 radical (unpaired) electrons. The van der Waals surface area contributed by atoms with Gasteiger partial charge in [-0.3, -0.25) is 4.79 Å². The zero-order chi connectivity index (χ0) is 13.5. The Bertz CT molecular complexity index is 349. The minimum absolute atomic E-state index is 0.0460. The summed E-state index contributed by atoms with van der Waals surface area (Å²) in [5.74, 6) is 0.439. The Hall–Kier alpha value is -0.870. The molecule has 0 bridgehead atoms. The van der Waals surface area contributed by atoms with Gasteiger partial charge in [-0.05, 0) is 34.7 Å². The molecule has 2 unspecified atom stereocenters. The molecule has 2 atom stereocenters. The highest BCUT2D eigenvalue weighted by Gasteiger charge is 2.21. The smallest absolute Gasteiger partial charge is 0.223 e. The molecule has 0 aliphatic rings. The van der Waals surface area contributed by atoms with Crippen molar-refractivity contribution >= 4 is 17.2 Å². The first-order chi connectivity index (χ1) is 8.56. The third-order valence-corrected chi connectivity index (χ3v) is 3.84. The van der Waals surface area contributed by atoms with Crippen molar-refractivity contribution in [2.24, 2.45) is 11.8 Å². The number of hydrogen-bond acceptors (Lipinski definition) is 3. The maximum atomic E-state index is 12.0. The van der Waals surface area contributed by atoms with Gasteiger partial charge in [-0.1, -0.05) is 27.2 Å². The molecular formula is C14H23NO2S. The number of rotatable bonds is 7. The van der Waals surface area contributed by atoms with E-state index in [-0.39, 0.29) is 11.8 Å². The van der Waals surface area contributed by atoms with Crippen LogP contribution in [0, 0.1) is 11.8 Å². The van der Waals surface area contributed by atoms with Crippen LogP contribution in [0.3, 0.4) is 0 Å². The van der Waals surface area contributed by atoms with Gasteiger partial charge >= 0.3 is 0 Å². The monoisotopic (exact) mass is 269 g/mol. The molecule has 0 saturated carbocycles. The maximum absolute atomic E-state index is 12.0.